The minimum absolute atomic E-state index is 0.0849. The van der Waals surface area contributed by atoms with Gasteiger partial charge in [0.1, 0.15) is 16.9 Å². The SMILES string of the molecule is O=C(NC1CCC(CN2C(=O)C3(CN(C(=O)c4cnsn4)C3)c3ccc(F)cc32)CC1)c1cc(Cl)cnc1C(F)F. The second-order valence-corrected chi connectivity index (χ2v) is 11.7. The Morgan fingerprint density at radius 2 is 1.90 bits per heavy atom. The summed E-state index contributed by atoms with van der Waals surface area (Å²) in [6.07, 6.45) is 2.07. The molecule has 3 aromatic rings. The van der Waals surface area contributed by atoms with Crippen LogP contribution in [-0.2, 0) is 10.2 Å². The molecule has 214 valence electrons. The van der Waals surface area contributed by atoms with E-state index >= 15 is 0 Å². The molecular formula is C27H24ClF3N6O3S. The van der Waals surface area contributed by atoms with Crippen LogP contribution in [0.3, 0.4) is 0 Å². The number of aromatic nitrogens is 3. The molecule has 2 aromatic heterocycles. The minimum Gasteiger partial charge on any atom is -0.349 e. The fourth-order valence-electron chi connectivity index (χ4n) is 6.09. The quantitative estimate of drug-likeness (QED) is 0.447. The van der Waals surface area contributed by atoms with Gasteiger partial charge < -0.3 is 15.1 Å². The smallest absolute Gasteiger partial charge is 0.281 e. The number of halogens is 4. The largest absolute Gasteiger partial charge is 0.349 e. The number of hydrogen-bond acceptors (Lipinski definition) is 7. The van der Waals surface area contributed by atoms with Gasteiger partial charge in [0, 0.05) is 31.9 Å². The van der Waals surface area contributed by atoms with Gasteiger partial charge in [-0.3, -0.25) is 19.4 Å². The Labute approximate surface area is 242 Å². The topological polar surface area (TPSA) is 108 Å². The van der Waals surface area contributed by atoms with Gasteiger partial charge in [-0.05, 0) is 55.4 Å². The number of benzene rings is 1. The van der Waals surface area contributed by atoms with Crippen molar-refractivity contribution in [2.75, 3.05) is 24.5 Å². The number of alkyl halides is 2. The number of nitrogens with zero attached hydrogens (tertiary/aromatic N) is 5. The summed E-state index contributed by atoms with van der Waals surface area (Å²) >= 11 is 6.81. The van der Waals surface area contributed by atoms with Gasteiger partial charge in [0.05, 0.1) is 34.2 Å². The van der Waals surface area contributed by atoms with Gasteiger partial charge in [-0.1, -0.05) is 17.7 Å². The number of rotatable bonds is 6. The van der Waals surface area contributed by atoms with Crippen LogP contribution in [0, 0.1) is 11.7 Å². The van der Waals surface area contributed by atoms with Crippen molar-refractivity contribution in [2.24, 2.45) is 5.92 Å². The second kappa shape index (κ2) is 10.7. The summed E-state index contributed by atoms with van der Waals surface area (Å²) in [5, 5.41) is 2.90. The lowest BCUT2D eigenvalue weighted by molar-refractivity contribution is -0.128. The lowest BCUT2D eigenvalue weighted by Crippen LogP contribution is -2.65. The highest BCUT2D eigenvalue weighted by Gasteiger charge is 2.59. The lowest BCUT2D eigenvalue weighted by Gasteiger charge is -2.46. The van der Waals surface area contributed by atoms with E-state index in [4.69, 9.17) is 11.6 Å². The van der Waals surface area contributed by atoms with E-state index in [1.807, 2.05) is 0 Å². The Morgan fingerprint density at radius 1 is 1.15 bits per heavy atom. The molecule has 41 heavy (non-hydrogen) atoms. The molecule has 9 nitrogen and oxygen atoms in total. The fourth-order valence-corrected chi connectivity index (χ4v) is 6.65. The molecule has 1 aromatic carbocycles. The van der Waals surface area contributed by atoms with Gasteiger partial charge in [-0.25, -0.2) is 13.2 Å². The molecule has 2 fully saturated rings. The zero-order chi connectivity index (χ0) is 28.9. The van der Waals surface area contributed by atoms with Crippen LogP contribution in [0.15, 0.2) is 36.7 Å². The highest BCUT2D eigenvalue weighted by molar-refractivity contribution is 6.99. The molecular weight excluding hydrogens is 581 g/mol. The number of pyridine rings is 1. The summed E-state index contributed by atoms with van der Waals surface area (Å²) in [6, 6.07) is 5.27. The first kappa shape index (κ1) is 27.6. The summed E-state index contributed by atoms with van der Waals surface area (Å²) < 4.78 is 48.9. The maximum absolute atomic E-state index is 14.3. The van der Waals surface area contributed by atoms with Crippen molar-refractivity contribution in [3.63, 3.8) is 0 Å². The Balaban J connectivity index is 1.11. The third-order valence-electron chi connectivity index (χ3n) is 8.17. The zero-order valence-electron chi connectivity index (χ0n) is 21.5. The number of fused-ring (bicyclic) bond motifs is 2. The highest BCUT2D eigenvalue weighted by atomic mass is 35.5. The summed E-state index contributed by atoms with van der Waals surface area (Å²) in [5.74, 6) is -1.49. The molecule has 4 heterocycles. The number of likely N-dealkylation sites (tertiary alicyclic amines) is 1. The maximum Gasteiger partial charge on any atom is 0.281 e. The number of anilines is 1. The lowest BCUT2D eigenvalue weighted by atomic mass is 9.74. The second-order valence-electron chi connectivity index (χ2n) is 10.7. The van der Waals surface area contributed by atoms with Crippen LogP contribution in [0.1, 0.15) is 64.2 Å². The van der Waals surface area contributed by atoms with Gasteiger partial charge >= 0.3 is 0 Å². The monoisotopic (exact) mass is 604 g/mol. The van der Waals surface area contributed by atoms with Crippen molar-refractivity contribution in [1.82, 2.24) is 23.9 Å². The maximum atomic E-state index is 14.3. The number of amides is 3. The Bertz CT molecular complexity index is 1510. The van der Waals surface area contributed by atoms with E-state index in [2.05, 4.69) is 19.0 Å². The molecule has 0 atom stereocenters. The summed E-state index contributed by atoms with van der Waals surface area (Å²) in [6.45, 7) is 0.722. The molecule has 0 unspecified atom stereocenters. The van der Waals surface area contributed by atoms with Crippen molar-refractivity contribution in [1.29, 1.82) is 0 Å². The highest BCUT2D eigenvalue weighted by Crippen LogP contribution is 2.48. The van der Waals surface area contributed by atoms with E-state index in [9.17, 15) is 27.6 Å². The molecule has 1 N–H and O–H groups in total. The van der Waals surface area contributed by atoms with Crippen LogP contribution in [0.4, 0.5) is 18.9 Å². The van der Waals surface area contributed by atoms with Crippen molar-refractivity contribution in [3.8, 4) is 0 Å². The summed E-state index contributed by atoms with van der Waals surface area (Å²) in [5.41, 5.74) is -0.350. The van der Waals surface area contributed by atoms with Gasteiger partial charge in [-0.15, -0.1) is 0 Å². The molecule has 3 aliphatic rings. The van der Waals surface area contributed by atoms with Crippen LogP contribution in [0.25, 0.3) is 0 Å². The van der Waals surface area contributed by atoms with E-state index in [0.29, 0.717) is 43.5 Å². The van der Waals surface area contributed by atoms with Crippen LogP contribution in [0.5, 0.6) is 0 Å². The molecule has 0 radical (unpaired) electrons. The van der Waals surface area contributed by atoms with Crippen molar-refractivity contribution in [3.05, 3.63) is 70.0 Å². The van der Waals surface area contributed by atoms with E-state index in [1.54, 1.807) is 15.9 Å². The predicted molar refractivity (Wildman–Crippen MR) is 144 cm³/mol. The first-order valence-corrected chi connectivity index (χ1v) is 14.2. The van der Waals surface area contributed by atoms with Crippen LogP contribution < -0.4 is 10.2 Å². The number of hydrogen-bond donors (Lipinski definition) is 1. The molecule has 2 aliphatic heterocycles. The average molecular weight is 605 g/mol. The first-order valence-electron chi connectivity index (χ1n) is 13.1. The van der Waals surface area contributed by atoms with Gasteiger partial charge in [0.2, 0.25) is 5.91 Å². The zero-order valence-corrected chi connectivity index (χ0v) is 23.1. The van der Waals surface area contributed by atoms with Crippen LogP contribution in [-0.4, -0.2) is 62.0 Å². The first-order chi connectivity index (χ1) is 19.7. The predicted octanol–water partition coefficient (Wildman–Crippen LogP) is 4.39. The molecule has 14 heteroatoms. The van der Waals surface area contributed by atoms with Gasteiger partial charge in [0.25, 0.3) is 18.2 Å². The Kier molecular flexibility index (Phi) is 7.18. The van der Waals surface area contributed by atoms with Crippen LogP contribution >= 0.6 is 23.3 Å². The third-order valence-corrected chi connectivity index (χ3v) is 8.85. The molecule has 6 rings (SSSR count). The minimum atomic E-state index is -2.91. The molecule has 3 amide bonds. The standard InChI is InChI=1S/C27H24ClF3N6O3S/c28-15-7-18(22(23(30)31)32-9-15)24(38)34-17-4-1-14(2-5-17)11-37-21-8-16(29)3-6-19(21)27(26(37)40)12-36(13-27)25(39)20-10-33-41-35-20/h3,6-10,14,17,23H,1-2,4-5,11-13H2,(H,34,38). The third kappa shape index (κ3) is 4.94. The number of carbonyl (C=O) groups excluding carboxylic acids is 3. The van der Waals surface area contributed by atoms with E-state index in [-0.39, 0.29) is 53.1 Å². The number of carbonyl (C=O) groups is 3. The normalized spacial score (nSPS) is 21.2. The average Bonchev–Trinajstić information content (AvgIpc) is 3.54. The van der Waals surface area contributed by atoms with Gasteiger partial charge in [-0.2, -0.15) is 8.75 Å². The number of nitrogens with one attached hydrogen (secondary N) is 1. The van der Waals surface area contributed by atoms with E-state index < -0.39 is 29.3 Å². The van der Waals surface area contributed by atoms with Gasteiger partial charge in [0.15, 0.2) is 5.69 Å². The molecule has 1 saturated heterocycles. The molecule has 1 spiro atoms. The Morgan fingerprint density at radius 3 is 2.59 bits per heavy atom. The van der Waals surface area contributed by atoms with E-state index in [0.717, 1.165) is 17.9 Å². The van der Waals surface area contributed by atoms with Crippen molar-refractivity contribution >= 4 is 46.7 Å². The molecule has 1 saturated carbocycles. The summed E-state index contributed by atoms with van der Waals surface area (Å²) in [4.78, 5) is 46.1. The van der Waals surface area contributed by atoms with Crippen molar-refractivity contribution in [2.45, 2.75) is 43.6 Å². The van der Waals surface area contributed by atoms with E-state index in [1.165, 1.54) is 24.4 Å². The fraction of sp³-hybridized carbons (Fsp3) is 0.407. The van der Waals surface area contributed by atoms with Crippen molar-refractivity contribution < 1.29 is 27.6 Å². The Hall–Kier alpha value is -3.58. The summed E-state index contributed by atoms with van der Waals surface area (Å²) in [7, 11) is 0. The molecule has 1 aliphatic carbocycles. The van der Waals surface area contributed by atoms with Crippen LogP contribution in [0.2, 0.25) is 5.02 Å². The molecule has 0 bridgehead atoms.